The van der Waals surface area contributed by atoms with E-state index in [1.165, 1.54) is 10.9 Å². The molecule has 3 rings (SSSR count). The molecule has 2 aromatic rings. The summed E-state index contributed by atoms with van der Waals surface area (Å²) in [6.45, 7) is 0.318. The van der Waals surface area contributed by atoms with Gasteiger partial charge in [-0.1, -0.05) is 24.3 Å². The number of esters is 1. The van der Waals surface area contributed by atoms with Crippen molar-refractivity contribution in [3.63, 3.8) is 0 Å². The number of benzene rings is 1. The number of hydrogen-bond donors (Lipinski definition) is 0. The van der Waals surface area contributed by atoms with Crippen molar-refractivity contribution in [3.8, 4) is 0 Å². The molecule has 0 bridgehead atoms. The topological polar surface area (TPSA) is 61.2 Å². The maximum atomic E-state index is 12.3. The molecule has 1 aromatic carbocycles. The number of fused-ring (bicyclic) bond motifs is 1. The second-order valence-corrected chi connectivity index (χ2v) is 5.53. The Kier molecular flexibility index (Phi) is 4.32. The molecule has 0 saturated carbocycles. The lowest BCUT2D eigenvalue weighted by Crippen LogP contribution is -2.26. The molecule has 0 fully saturated rings. The van der Waals surface area contributed by atoms with Gasteiger partial charge in [0.25, 0.3) is 5.56 Å². The number of nitrogens with zero attached hydrogens (tertiary/aromatic N) is 2. The van der Waals surface area contributed by atoms with E-state index >= 15 is 0 Å². The lowest BCUT2D eigenvalue weighted by molar-refractivity contribution is -0.145. The summed E-state index contributed by atoms with van der Waals surface area (Å²) in [6, 6.07) is 7.09. The Morgan fingerprint density at radius 2 is 2.18 bits per heavy atom. The summed E-state index contributed by atoms with van der Waals surface area (Å²) in [6.07, 6.45) is 8.70. The maximum Gasteiger partial charge on any atom is 0.326 e. The lowest BCUT2D eigenvalue weighted by Gasteiger charge is -2.17. The van der Waals surface area contributed by atoms with Crippen LogP contribution in [0.5, 0.6) is 0 Å². The van der Waals surface area contributed by atoms with Gasteiger partial charge in [-0.15, -0.1) is 0 Å². The van der Waals surface area contributed by atoms with E-state index in [4.69, 9.17) is 4.74 Å². The molecule has 0 amide bonds. The number of para-hydroxylation sites is 1. The van der Waals surface area contributed by atoms with E-state index in [1.54, 1.807) is 18.2 Å². The Hall–Kier alpha value is -2.43. The van der Waals surface area contributed by atoms with Gasteiger partial charge in [-0.25, -0.2) is 4.98 Å². The fraction of sp³-hybridized carbons (Fsp3) is 0.353. The Morgan fingerprint density at radius 3 is 3.00 bits per heavy atom. The fourth-order valence-corrected chi connectivity index (χ4v) is 2.62. The van der Waals surface area contributed by atoms with Crippen LogP contribution in [0.15, 0.2) is 47.5 Å². The van der Waals surface area contributed by atoms with Crippen LogP contribution in [0.3, 0.4) is 0 Å². The van der Waals surface area contributed by atoms with Crippen LogP contribution in [0.2, 0.25) is 0 Å². The van der Waals surface area contributed by atoms with Crippen molar-refractivity contribution in [3.05, 3.63) is 53.1 Å². The van der Waals surface area contributed by atoms with Crippen LogP contribution >= 0.6 is 0 Å². The van der Waals surface area contributed by atoms with Crippen LogP contribution in [0, 0.1) is 5.92 Å². The van der Waals surface area contributed by atoms with Crippen molar-refractivity contribution in [2.75, 3.05) is 6.61 Å². The second-order valence-electron chi connectivity index (χ2n) is 5.53. The van der Waals surface area contributed by atoms with Gasteiger partial charge in [-0.2, -0.15) is 0 Å². The summed E-state index contributed by atoms with van der Waals surface area (Å²) in [4.78, 5) is 28.4. The number of aromatic nitrogens is 2. The van der Waals surface area contributed by atoms with E-state index in [0.717, 1.165) is 19.3 Å². The molecule has 1 heterocycles. The Bertz CT molecular complexity index is 764. The molecule has 114 valence electrons. The molecule has 0 N–H and O–H groups in total. The third-order valence-corrected chi connectivity index (χ3v) is 3.89. The van der Waals surface area contributed by atoms with Crippen molar-refractivity contribution in [1.82, 2.24) is 9.55 Å². The normalized spacial score (nSPS) is 17.5. The number of allylic oxidation sites excluding steroid dienone is 2. The fourth-order valence-electron chi connectivity index (χ4n) is 2.62. The zero-order chi connectivity index (χ0) is 15.4. The van der Waals surface area contributed by atoms with Gasteiger partial charge >= 0.3 is 5.97 Å². The summed E-state index contributed by atoms with van der Waals surface area (Å²) >= 11 is 0. The zero-order valence-electron chi connectivity index (χ0n) is 12.3. The molecular formula is C17H18N2O3. The predicted molar refractivity (Wildman–Crippen MR) is 83.4 cm³/mol. The minimum atomic E-state index is -0.395. The minimum absolute atomic E-state index is 0.0980. The van der Waals surface area contributed by atoms with Gasteiger partial charge in [-0.05, 0) is 37.3 Å². The van der Waals surface area contributed by atoms with Gasteiger partial charge in [-0.3, -0.25) is 14.2 Å². The van der Waals surface area contributed by atoms with E-state index in [1.807, 2.05) is 6.07 Å². The average molecular weight is 298 g/mol. The lowest BCUT2D eigenvalue weighted by atomic mass is 9.95. The Balaban J connectivity index is 1.65. The second kappa shape index (κ2) is 6.56. The number of carbonyl (C=O) groups is 1. The first kappa shape index (κ1) is 14.5. The van der Waals surface area contributed by atoms with Gasteiger partial charge in [0.2, 0.25) is 0 Å². The molecule has 1 unspecified atom stereocenters. The monoisotopic (exact) mass is 298 g/mol. The minimum Gasteiger partial charge on any atom is -0.464 e. The van der Waals surface area contributed by atoms with Crippen molar-refractivity contribution < 1.29 is 9.53 Å². The maximum absolute atomic E-state index is 12.3. The molecular weight excluding hydrogens is 280 g/mol. The van der Waals surface area contributed by atoms with Crippen molar-refractivity contribution in [2.24, 2.45) is 5.92 Å². The molecule has 0 aliphatic heterocycles. The summed E-state index contributed by atoms with van der Waals surface area (Å²) < 4.78 is 6.59. The molecule has 1 aromatic heterocycles. The highest BCUT2D eigenvalue weighted by Gasteiger charge is 2.14. The van der Waals surface area contributed by atoms with Crippen molar-refractivity contribution in [1.29, 1.82) is 0 Å². The highest BCUT2D eigenvalue weighted by atomic mass is 16.5. The molecule has 5 heteroatoms. The van der Waals surface area contributed by atoms with Gasteiger partial charge in [0.1, 0.15) is 6.54 Å². The first-order valence-electron chi connectivity index (χ1n) is 7.49. The Morgan fingerprint density at radius 1 is 1.32 bits per heavy atom. The number of hydrogen-bond acceptors (Lipinski definition) is 4. The third-order valence-electron chi connectivity index (χ3n) is 3.89. The molecule has 0 radical (unpaired) electrons. The average Bonchev–Trinajstić information content (AvgIpc) is 2.57. The quantitative estimate of drug-likeness (QED) is 0.642. The summed E-state index contributed by atoms with van der Waals surface area (Å²) in [5, 5.41) is 0.509. The first-order chi connectivity index (χ1) is 10.7. The summed E-state index contributed by atoms with van der Waals surface area (Å²) in [5.74, 6) is -0.00543. The number of rotatable bonds is 4. The van der Waals surface area contributed by atoms with E-state index in [2.05, 4.69) is 17.1 Å². The summed E-state index contributed by atoms with van der Waals surface area (Å²) in [7, 11) is 0. The highest BCUT2D eigenvalue weighted by Crippen LogP contribution is 2.18. The number of ether oxygens (including phenoxy) is 1. The zero-order valence-corrected chi connectivity index (χ0v) is 12.3. The van der Waals surface area contributed by atoms with Crippen molar-refractivity contribution >= 4 is 16.9 Å². The summed E-state index contributed by atoms with van der Waals surface area (Å²) in [5.41, 5.74) is 0.411. The van der Waals surface area contributed by atoms with E-state index in [9.17, 15) is 9.59 Å². The molecule has 1 atom stereocenters. The van der Waals surface area contributed by atoms with Crippen LogP contribution in [-0.2, 0) is 16.1 Å². The largest absolute Gasteiger partial charge is 0.464 e. The number of carbonyl (C=O) groups excluding carboxylic acids is 1. The van der Waals surface area contributed by atoms with Crippen LogP contribution < -0.4 is 5.56 Å². The molecule has 1 aliphatic carbocycles. The van der Waals surface area contributed by atoms with E-state index < -0.39 is 5.97 Å². The molecule has 5 nitrogen and oxygen atoms in total. The predicted octanol–water partition coefficient (Wildman–Crippen LogP) is 2.30. The highest BCUT2D eigenvalue weighted by molar-refractivity contribution is 5.77. The van der Waals surface area contributed by atoms with Gasteiger partial charge in [0.15, 0.2) is 0 Å². The molecule has 0 saturated heterocycles. The smallest absolute Gasteiger partial charge is 0.326 e. The standard InChI is InChI=1S/C17H18N2O3/c20-16(22-11-13-6-2-1-3-7-13)10-19-12-18-15-9-5-4-8-14(15)17(19)21/h1-2,4-5,8-9,12-13H,3,6-7,10-11H2. The third kappa shape index (κ3) is 3.24. The van der Waals surface area contributed by atoms with Crippen molar-refractivity contribution in [2.45, 2.75) is 25.8 Å². The van der Waals surface area contributed by atoms with Crippen LogP contribution in [0.25, 0.3) is 10.9 Å². The van der Waals surface area contributed by atoms with Gasteiger partial charge in [0.05, 0.1) is 23.8 Å². The Labute approximate surface area is 128 Å². The van der Waals surface area contributed by atoms with Gasteiger partial charge in [0, 0.05) is 0 Å². The molecule has 1 aliphatic rings. The van der Waals surface area contributed by atoms with E-state index in [-0.39, 0.29) is 12.1 Å². The molecule has 22 heavy (non-hydrogen) atoms. The van der Waals surface area contributed by atoms with Gasteiger partial charge < -0.3 is 4.74 Å². The van der Waals surface area contributed by atoms with Crippen LogP contribution in [0.4, 0.5) is 0 Å². The SMILES string of the molecule is O=C(Cn1cnc2ccccc2c1=O)OCC1CC=CCC1. The van der Waals surface area contributed by atoms with E-state index in [0.29, 0.717) is 23.4 Å². The first-order valence-corrected chi connectivity index (χ1v) is 7.49. The van der Waals surface area contributed by atoms with Crippen LogP contribution in [-0.4, -0.2) is 22.1 Å². The van der Waals surface area contributed by atoms with Crippen LogP contribution in [0.1, 0.15) is 19.3 Å². The molecule has 0 spiro atoms.